The Bertz CT molecular complexity index is 1180. The van der Waals surface area contributed by atoms with Crippen molar-refractivity contribution in [3.05, 3.63) is 59.8 Å². The average Bonchev–Trinajstić information content (AvgIpc) is 2.93. The molecule has 0 saturated heterocycles. The van der Waals surface area contributed by atoms with Crippen molar-refractivity contribution in [3.63, 3.8) is 0 Å². The number of hydrogen-bond acceptors (Lipinski definition) is 4. The van der Waals surface area contributed by atoms with Gasteiger partial charge in [0.15, 0.2) is 0 Å². The maximum atomic E-state index is 12.7. The standard InChI is InChI=1S/C27H33N3O4/c1-27(2,3)34-26(32)29-16-13-22-21-7-5-6-8-23(21)30(24(22)14-17-29)18-15-25(31)28-19-9-11-20(33-4)12-10-19/h5-12H,13-18H2,1-4H3,(H,28,31). The summed E-state index contributed by atoms with van der Waals surface area (Å²) in [6, 6.07) is 15.6. The van der Waals surface area contributed by atoms with E-state index in [0.29, 0.717) is 26.1 Å². The molecular formula is C27H33N3O4. The van der Waals surface area contributed by atoms with Crippen LogP contribution in [0, 0.1) is 0 Å². The Balaban J connectivity index is 1.49. The molecule has 1 aliphatic heterocycles. The number of methoxy groups -OCH3 is 1. The first kappa shape index (κ1) is 23.7. The maximum absolute atomic E-state index is 12.7. The minimum absolute atomic E-state index is 0.0410. The summed E-state index contributed by atoms with van der Waals surface area (Å²) in [7, 11) is 1.62. The van der Waals surface area contributed by atoms with Crippen LogP contribution in [0.4, 0.5) is 10.5 Å². The summed E-state index contributed by atoms with van der Waals surface area (Å²) in [5, 5.41) is 4.16. The van der Waals surface area contributed by atoms with Gasteiger partial charge in [-0.2, -0.15) is 0 Å². The van der Waals surface area contributed by atoms with Crippen LogP contribution in [-0.4, -0.2) is 47.3 Å². The lowest BCUT2D eigenvalue weighted by molar-refractivity contribution is -0.116. The molecular weight excluding hydrogens is 430 g/mol. The molecule has 0 spiro atoms. The molecule has 0 bridgehead atoms. The van der Waals surface area contributed by atoms with Crippen molar-refractivity contribution in [3.8, 4) is 5.75 Å². The molecule has 0 saturated carbocycles. The molecule has 1 aliphatic rings. The van der Waals surface area contributed by atoms with Gasteiger partial charge in [0.25, 0.3) is 0 Å². The molecule has 7 heteroatoms. The molecule has 7 nitrogen and oxygen atoms in total. The number of hydrogen-bond donors (Lipinski definition) is 1. The van der Waals surface area contributed by atoms with Crippen LogP contribution in [0.25, 0.3) is 10.9 Å². The second-order valence-electron chi connectivity index (χ2n) is 9.59. The van der Waals surface area contributed by atoms with Gasteiger partial charge in [-0.25, -0.2) is 4.79 Å². The van der Waals surface area contributed by atoms with E-state index in [4.69, 9.17) is 9.47 Å². The van der Waals surface area contributed by atoms with Gasteiger partial charge in [-0.3, -0.25) is 4.79 Å². The van der Waals surface area contributed by atoms with Gasteiger partial charge >= 0.3 is 6.09 Å². The number of rotatable bonds is 5. The molecule has 180 valence electrons. The van der Waals surface area contributed by atoms with Gasteiger partial charge in [0.1, 0.15) is 11.4 Å². The highest BCUT2D eigenvalue weighted by Gasteiger charge is 2.27. The number of anilines is 1. The summed E-state index contributed by atoms with van der Waals surface area (Å²) in [5.41, 5.74) is 3.82. The fraction of sp³-hybridized carbons (Fsp3) is 0.407. The minimum atomic E-state index is -0.518. The van der Waals surface area contributed by atoms with Crippen LogP contribution < -0.4 is 10.1 Å². The maximum Gasteiger partial charge on any atom is 0.410 e. The van der Waals surface area contributed by atoms with Gasteiger partial charge in [-0.1, -0.05) is 18.2 Å². The fourth-order valence-electron chi connectivity index (χ4n) is 4.47. The Morgan fingerprint density at radius 1 is 1.00 bits per heavy atom. The zero-order valence-electron chi connectivity index (χ0n) is 20.4. The van der Waals surface area contributed by atoms with Crippen molar-refractivity contribution in [1.29, 1.82) is 0 Å². The SMILES string of the molecule is COc1ccc(NC(=O)CCn2c3c(c4ccccc42)CCN(C(=O)OC(C)(C)C)CC3)cc1. The average molecular weight is 464 g/mol. The lowest BCUT2D eigenvalue weighted by Gasteiger charge is -2.26. The third-order valence-corrected chi connectivity index (χ3v) is 6.03. The van der Waals surface area contributed by atoms with Crippen LogP contribution >= 0.6 is 0 Å². The fourth-order valence-corrected chi connectivity index (χ4v) is 4.47. The number of ether oxygens (including phenoxy) is 2. The monoisotopic (exact) mass is 463 g/mol. The van der Waals surface area contributed by atoms with E-state index in [1.165, 1.54) is 16.6 Å². The highest BCUT2D eigenvalue weighted by molar-refractivity contribution is 5.91. The Morgan fingerprint density at radius 2 is 1.71 bits per heavy atom. The zero-order chi connectivity index (χ0) is 24.3. The van der Waals surface area contributed by atoms with Crippen LogP contribution in [-0.2, 0) is 28.9 Å². The molecule has 1 N–H and O–H groups in total. The number of para-hydroxylation sites is 1. The minimum Gasteiger partial charge on any atom is -0.497 e. The molecule has 2 heterocycles. The molecule has 3 aromatic rings. The van der Waals surface area contributed by atoms with E-state index in [0.717, 1.165) is 29.8 Å². The van der Waals surface area contributed by atoms with E-state index >= 15 is 0 Å². The van der Waals surface area contributed by atoms with E-state index in [1.54, 1.807) is 12.0 Å². The first-order valence-electron chi connectivity index (χ1n) is 11.8. The largest absolute Gasteiger partial charge is 0.497 e. The van der Waals surface area contributed by atoms with Crippen molar-refractivity contribution in [2.75, 3.05) is 25.5 Å². The first-order chi connectivity index (χ1) is 16.2. The molecule has 2 amide bonds. The Labute approximate surface area is 200 Å². The molecule has 0 aliphatic carbocycles. The van der Waals surface area contributed by atoms with E-state index in [2.05, 4.69) is 22.0 Å². The highest BCUT2D eigenvalue weighted by atomic mass is 16.6. The topological polar surface area (TPSA) is 72.8 Å². The number of benzene rings is 2. The van der Waals surface area contributed by atoms with Gasteiger partial charge in [0.05, 0.1) is 7.11 Å². The molecule has 1 aromatic heterocycles. The normalized spacial score (nSPS) is 13.8. The van der Waals surface area contributed by atoms with Crippen molar-refractivity contribution >= 4 is 28.6 Å². The van der Waals surface area contributed by atoms with Crippen LogP contribution in [0.1, 0.15) is 38.4 Å². The van der Waals surface area contributed by atoms with Gasteiger partial charge in [-0.05, 0) is 63.1 Å². The number of nitrogens with one attached hydrogen (secondary N) is 1. The Hall–Kier alpha value is -3.48. The second-order valence-corrected chi connectivity index (χ2v) is 9.59. The van der Waals surface area contributed by atoms with E-state index < -0.39 is 5.60 Å². The summed E-state index contributed by atoms with van der Waals surface area (Å²) < 4.78 is 13.0. The predicted molar refractivity (Wildman–Crippen MR) is 133 cm³/mol. The van der Waals surface area contributed by atoms with Crippen molar-refractivity contribution < 1.29 is 19.1 Å². The van der Waals surface area contributed by atoms with Gasteiger partial charge in [0, 0.05) is 54.8 Å². The van der Waals surface area contributed by atoms with Gasteiger partial charge in [-0.15, -0.1) is 0 Å². The quantitative estimate of drug-likeness (QED) is 0.577. The number of aromatic nitrogens is 1. The molecule has 34 heavy (non-hydrogen) atoms. The zero-order valence-corrected chi connectivity index (χ0v) is 20.4. The molecule has 4 rings (SSSR count). The van der Waals surface area contributed by atoms with E-state index in [1.807, 2.05) is 57.2 Å². The van der Waals surface area contributed by atoms with Gasteiger partial charge in [0.2, 0.25) is 5.91 Å². The van der Waals surface area contributed by atoms with Crippen molar-refractivity contribution in [2.24, 2.45) is 0 Å². The molecule has 0 fully saturated rings. The smallest absolute Gasteiger partial charge is 0.410 e. The van der Waals surface area contributed by atoms with E-state index in [-0.39, 0.29) is 12.0 Å². The van der Waals surface area contributed by atoms with Crippen LogP contribution in [0.2, 0.25) is 0 Å². The lowest BCUT2D eigenvalue weighted by atomic mass is 10.1. The van der Waals surface area contributed by atoms with Crippen LogP contribution in [0.3, 0.4) is 0 Å². The number of carbonyl (C=O) groups excluding carboxylic acids is 2. The summed E-state index contributed by atoms with van der Waals surface area (Å²) in [5.74, 6) is 0.709. The highest BCUT2D eigenvalue weighted by Crippen LogP contribution is 2.30. The molecule has 0 atom stereocenters. The summed E-state index contributed by atoms with van der Waals surface area (Å²) >= 11 is 0. The van der Waals surface area contributed by atoms with Crippen molar-refractivity contribution in [2.45, 2.75) is 52.2 Å². The number of amides is 2. The summed E-state index contributed by atoms with van der Waals surface area (Å²) in [6.07, 6.45) is 1.57. The Morgan fingerprint density at radius 3 is 2.41 bits per heavy atom. The summed E-state index contributed by atoms with van der Waals surface area (Å²) in [6.45, 7) is 7.44. The van der Waals surface area contributed by atoms with Gasteiger partial charge < -0.3 is 24.3 Å². The third-order valence-electron chi connectivity index (χ3n) is 6.03. The number of aryl methyl sites for hydroxylation is 1. The van der Waals surface area contributed by atoms with Crippen molar-refractivity contribution in [1.82, 2.24) is 9.47 Å². The molecule has 2 aromatic carbocycles. The molecule has 0 radical (unpaired) electrons. The Kier molecular flexibility index (Phi) is 6.82. The number of carbonyl (C=O) groups is 2. The number of fused-ring (bicyclic) bond motifs is 3. The predicted octanol–water partition coefficient (Wildman–Crippen LogP) is 5.01. The van der Waals surface area contributed by atoms with Crippen LogP contribution in [0.15, 0.2) is 48.5 Å². The molecule has 0 unspecified atom stereocenters. The summed E-state index contributed by atoms with van der Waals surface area (Å²) in [4.78, 5) is 27.1. The van der Waals surface area contributed by atoms with Crippen LogP contribution in [0.5, 0.6) is 5.75 Å². The first-order valence-corrected chi connectivity index (χ1v) is 11.8. The lowest BCUT2D eigenvalue weighted by Crippen LogP contribution is -2.38. The third kappa shape index (κ3) is 5.35. The number of nitrogens with zero attached hydrogens (tertiary/aromatic N) is 2. The second kappa shape index (κ2) is 9.79. The van der Waals surface area contributed by atoms with E-state index in [9.17, 15) is 9.59 Å².